The summed E-state index contributed by atoms with van der Waals surface area (Å²) in [6, 6.07) is 0. The smallest absolute Gasteiger partial charge is 0.412 e. The van der Waals surface area contributed by atoms with Crippen LogP contribution in [0.3, 0.4) is 0 Å². The lowest BCUT2D eigenvalue weighted by Crippen LogP contribution is -2.34. The third-order valence-electron chi connectivity index (χ3n) is 2.07. The van der Waals surface area contributed by atoms with Gasteiger partial charge in [0.05, 0.1) is 13.7 Å². The Balaban J connectivity index is 4.93. The first-order chi connectivity index (χ1) is 9.50. The van der Waals surface area contributed by atoms with E-state index in [0.29, 0.717) is 6.61 Å². The van der Waals surface area contributed by atoms with E-state index in [4.69, 9.17) is 9.26 Å². The molecule has 0 heterocycles. The maximum absolute atomic E-state index is 12.0. The van der Waals surface area contributed by atoms with Crippen LogP contribution >= 0.6 is 7.37 Å². The van der Waals surface area contributed by atoms with Crippen LogP contribution in [0.15, 0.2) is 11.8 Å². The second-order valence-electron chi connectivity index (χ2n) is 5.35. The molecule has 0 rings (SSSR count). The highest BCUT2D eigenvalue weighted by Gasteiger charge is 2.21. The average molecular weight is 321 g/mol. The molecule has 0 radical (unpaired) electrons. The minimum absolute atomic E-state index is 0.00106. The molecule has 0 spiro atoms. The molecule has 0 saturated carbocycles. The summed E-state index contributed by atoms with van der Waals surface area (Å²) in [6.07, 6.45) is 0.522. The molecule has 0 aliphatic heterocycles. The Hall–Kier alpha value is -1.33. The molecule has 0 fully saturated rings. The SMILES string of the molecule is CCOP(C)(=O)CC=C(NC(=O)OC(C)(C)C)C(=O)OC. The predicted octanol–water partition coefficient (Wildman–Crippen LogP) is 2.51. The Morgan fingerprint density at radius 2 is 1.86 bits per heavy atom. The average Bonchev–Trinajstić information content (AvgIpc) is 2.31. The van der Waals surface area contributed by atoms with Gasteiger partial charge in [-0.1, -0.05) is 0 Å². The molecule has 0 aromatic rings. The fraction of sp³-hybridized carbons (Fsp3) is 0.692. The van der Waals surface area contributed by atoms with Crippen LogP contribution in [0.2, 0.25) is 0 Å². The number of esters is 1. The summed E-state index contributed by atoms with van der Waals surface area (Å²) in [4.78, 5) is 23.3. The normalized spacial score (nSPS) is 15.0. The van der Waals surface area contributed by atoms with Crippen molar-refractivity contribution in [2.45, 2.75) is 33.3 Å². The zero-order valence-corrected chi connectivity index (χ0v) is 14.3. The summed E-state index contributed by atoms with van der Waals surface area (Å²) in [5, 5.41) is 2.29. The fourth-order valence-corrected chi connectivity index (χ4v) is 2.46. The third kappa shape index (κ3) is 9.26. The highest BCUT2D eigenvalue weighted by Crippen LogP contribution is 2.42. The Morgan fingerprint density at radius 3 is 2.29 bits per heavy atom. The Labute approximate surface area is 125 Å². The molecule has 1 amide bonds. The maximum atomic E-state index is 12.0. The Bertz CT molecular complexity index is 452. The van der Waals surface area contributed by atoms with Crippen molar-refractivity contribution in [1.82, 2.24) is 5.32 Å². The van der Waals surface area contributed by atoms with Crippen LogP contribution < -0.4 is 5.32 Å². The second-order valence-corrected chi connectivity index (χ2v) is 8.00. The molecule has 0 bridgehead atoms. The van der Waals surface area contributed by atoms with Crippen molar-refractivity contribution >= 4 is 19.4 Å². The lowest BCUT2D eigenvalue weighted by molar-refractivity contribution is -0.136. The van der Waals surface area contributed by atoms with E-state index in [1.165, 1.54) is 19.9 Å². The molecule has 122 valence electrons. The molecule has 21 heavy (non-hydrogen) atoms. The van der Waals surface area contributed by atoms with E-state index in [9.17, 15) is 14.2 Å². The molecule has 0 aliphatic rings. The molecule has 1 N–H and O–H groups in total. The van der Waals surface area contributed by atoms with E-state index in [1.54, 1.807) is 27.7 Å². The molecular weight excluding hydrogens is 297 g/mol. The number of hydrogen-bond donors (Lipinski definition) is 1. The van der Waals surface area contributed by atoms with Gasteiger partial charge in [-0.25, -0.2) is 9.59 Å². The second kappa shape index (κ2) is 8.20. The van der Waals surface area contributed by atoms with Crippen molar-refractivity contribution in [3.05, 3.63) is 11.8 Å². The number of carbonyl (C=O) groups excluding carboxylic acids is 2. The lowest BCUT2D eigenvalue weighted by Gasteiger charge is -2.20. The van der Waals surface area contributed by atoms with E-state index < -0.39 is 25.0 Å². The summed E-state index contributed by atoms with van der Waals surface area (Å²) < 4.78 is 26.7. The number of carbonyl (C=O) groups is 2. The number of allylic oxidation sites excluding steroid dienone is 1. The Kier molecular flexibility index (Phi) is 7.68. The zero-order valence-electron chi connectivity index (χ0n) is 13.4. The van der Waals surface area contributed by atoms with Gasteiger partial charge in [0.25, 0.3) is 0 Å². The van der Waals surface area contributed by atoms with Gasteiger partial charge in [-0.3, -0.25) is 9.88 Å². The van der Waals surface area contributed by atoms with Crippen molar-refractivity contribution in [2.24, 2.45) is 0 Å². The lowest BCUT2D eigenvalue weighted by atomic mass is 10.2. The maximum Gasteiger partial charge on any atom is 0.412 e. The van der Waals surface area contributed by atoms with Crippen molar-refractivity contribution < 1.29 is 28.2 Å². The number of amides is 1. The van der Waals surface area contributed by atoms with Crippen molar-refractivity contribution in [3.63, 3.8) is 0 Å². The van der Waals surface area contributed by atoms with Crippen LogP contribution in [0, 0.1) is 0 Å². The molecule has 0 aromatic carbocycles. The zero-order chi connectivity index (χ0) is 16.7. The molecule has 7 nitrogen and oxygen atoms in total. The van der Waals surface area contributed by atoms with Crippen molar-refractivity contribution in [2.75, 3.05) is 26.5 Å². The Morgan fingerprint density at radius 1 is 1.29 bits per heavy atom. The fourth-order valence-electron chi connectivity index (χ4n) is 1.29. The van der Waals surface area contributed by atoms with Crippen LogP contribution in [0.25, 0.3) is 0 Å². The van der Waals surface area contributed by atoms with Crippen LogP contribution in [0.5, 0.6) is 0 Å². The van der Waals surface area contributed by atoms with Gasteiger partial charge in [0, 0.05) is 12.8 Å². The molecule has 1 atom stereocenters. The highest BCUT2D eigenvalue weighted by molar-refractivity contribution is 7.58. The van der Waals surface area contributed by atoms with Crippen LogP contribution in [-0.2, 0) is 23.4 Å². The first-order valence-electron chi connectivity index (χ1n) is 6.50. The number of alkyl carbamates (subject to hydrolysis) is 1. The van der Waals surface area contributed by atoms with Crippen molar-refractivity contribution in [1.29, 1.82) is 0 Å². The molecule has 0 aromatic heterocycles. The van der Waals surface area contributed by atoms with E-state index in [1.807, 2.05) is 0 Å². The molecular formula is C13H24NO6P. The number of ether oxygens (including phenoxy) is 2. The minimum atomic E-state index is -2.86. The van der Waals surface area contributed by atoms with Gasteiger partial charge in [0.1, 0.15) is 11.3 Å². The van der Waals surface area contributed by atoms with Crippen LogP contribution in [0.1, 0.15) is 27.7 Å². The standard InChI is InChI=1S/C13H24NO6P/c1-7-19-21(6,17)9-8-10(11(15)18-5)14-12(16)20-13(2,3)4/h8H,7,9H2,1-6H3,(H,14,16). The van der Waals surface area contributed by atoms with Gasteiger partial charge in [-0.05, 0) is 33.8 Å². The van der Waals surface area contributed by atoms with E-state index in [2.05, 4.69) is 10.1 Å². The first-order valence-corrected chi connectivity index (χ1v) is 8.76. The van der Waals surface area contributed by atoms with Gasteiger partial charge in [-0.2, -0.15) is 0 Å². The largest absolute Gasteiger partial charge is 0.464 e. The summed E-state index contributed by atoms with van der Waals surface area (Å²) in [5.41, 5.74) is -0.829. The minimum Gasteiger partial charge on any atom is -0.464 e. The van der Waals surface area contributed by atoms with Gasteiger partial charge < -0.3 is 14.0 Å². The summed E-state index contributed by atoms with van der Waals surface area (Å²) in [5.74, 6) is -0.752. The van der Waals surface area contributed by atoms with Crippen LogP contribution in [0.4, 0.5) is 4.79 Å². The number of hydrogen-bond acceptors (Lipinski definition) is 6. The van der Waals surface area contributed by atoms with E-state index in [-0.39, 0.29) is 11.9 Å². The molecule has 8 heteroatoms. The van der Waals surface area contributed by atoms with Gasteiger partial charge in [0.15, 0.2) is 0 Å². The van der Waals surface area contributed by atoms with Gasteiger partial charge >= 0.3 is 12.1 Å². The van der Waals surface area contributed by atoms with E-state index in [0.717, 1.165) is 0 Å². The topological polar surface area (TPSA) is 90.9 Å². The number of rotatable bonds is 6. The van der Waals surface area contributed by atoms with Gasteiger partial charge in [-0.15, -0.1) is 0 Å². The van der Waals surface area contributed by atoms with Crippen LogP contribution in [-0.4, -0.2) is 44.2 Å². The third-order valence-corrected chi connectivity index (χ3v) is 3.72. The quantitative estimate of drug-likeness (QED) is 0.459. The van der Waals surface area contributed by atoms with Gasteiger partial charge in [0.2, 0.25) is 7.37 Å². The predicted molar refractivity (Wildman–Crippen MR) is 79.5 cm³/mol. The van der Waals surface area contributed by atoms with E-state index >= 15 is 0 Å². The summed E-state index contributed by atoms with van der Waals surface area (Å²) in [7, 11) is -1.68. The molecule has 0 aliphatic carbocycles. The molecule has 0 saturated heterocycles. The molecule has 1 unspecified atom stereocenters. The first kappa shape index (κ1) is 19.7. The number of methoxy groups -OCH3 is 1. The van der Waals surface area contributed by atoms with Crippen molar-refractivity contribution in [3.8, 4) is 0 Å². The number of nitrogens with one attached hydrogen (secondary N) is 1. The monoisotopic (exact) mass is 321 g/mol. The summed E-state index contributed by atoms with van der Waals surface area (Å²) in [6.45, 7) is 8.57. The summed E-state index contributed by atoms with van der Waals surface area (Å²) >= 11 is 0. The highest BCUT2D eigenvalue weighted by atomic mass is 31.2.